The van der Waals surface area contributed by atoms with Crippen molar-refractivity contribution in [3.8, 4) is 0 Å². The summed E-state index contributed by atoms with van der Waals surface area (Å²) in [6.45, 7) is 4.05. The number of Topliss-reactive ketones (excluding diaryl/α,β-unsaturated/α-hetero) is 1. The minimum Gasteiger partial charge on any atom is -0.348 e. The van der Waals surface area contributed by atoms with Crippen molar-refractivity contribution in [2.75, 3.05) is 27.7 Å². The summed E-state index contributed by atoms with van der Waals surface area (Å²) >= 11 is 0. The average Bonchev–Trinajstić information content (AvgIpc) is 2.37. The van der Waals surface area contributed by atoms with Gasteiger partial charge in [0.2, 0.25) is 5.91 Å². The van der Waals surface area contributed by atoms with E-state index in [1.54, 1.807) is 26.0 Å². The third kappa shape index (κ3) is 4.17. The van der Waals surface area contributed by atoms with E-state index in [0.717, 1.165) is 5.56 Å². The van der Waals surface area contributed by atoms with Crippen molar-refractivity contribution < 1.29 is 9.59 Å². The van der Waals surface area contributed by atoms with E-state index < -0.39 is 0 Å². The van der Waals surface area contributed by atoms with Gasteiger partial charge in [0.1, 0.15) is 0 Å². The van der Waals surface area contributed by atoms with Crippen LogP contribution in [0.1, 0.15) is 22.8 Å². The van der Waals surface area contributed by atoms with Crippen molar-refractivity contribution in [2.24, 2.45) is 0 Å². The number of benzene rings is 1. The van der Waals surface area contributed by atoms with Crippen LogP contribution in [0.2, 0.25) is 0 Å². The second kappa shape index (κ2) is 6.48. The summed E-state index contributed by atoms with van der Waals surface area (Å²) in [6.07, 6.45) is 0. The molecule has 0 aliphatic rings. The molecule has 0 heterocycles. The zero-order valence-electron chi connectivity index (χ0n) is 12.3. The van der Waals surface area contributed by atoms with Crippen molar-refractivity contribution in [1.82, 2.24) is 9.80 Å². The van der Waals surface area contributed by atoms with Gasteiger partial charge in [-0.1, -0.05) is 29.8 Å². The molecule has 0 aliphatic heterocycles. The number of carbonyl (C=O) groups is 2. The summed E-state index contributed by atoms with van der Waals surface area (Å²) in [5.41, 5.74) is 1.81. The number of ketones is 1. The number of hydrogen-bond donors (Lipinski definition) is 0. The molecule has 1 atom stereocenters. The Balaban J connectivity index is 2.71. The molecular weight excluding hydrogens is 240 g/mol. The molecule has 0 aromatic heterocycles. The molecule has 0 bridgehead atoms. The standard InChI is InChI=1S/C15H22N2O2/c1-11-6-8-13(9-7-11)15(19)12(2)17(5)10-14(18)16(3)4/h6-9,12H,10H2,1-5H3. The zero-order chi connectivity index (χ0) is 14.6. The Labute approximate surface area is 115 Å². The first kappa shape index (κ1) is 15.4. The maximum absolute atomic E-state index is 12.3. The zero-order valence-corrected chi connectivity index (χ0v) is 12.3. The molecule has 4 heteroatoms. The smallest absolute Gasteiger partial charge is 0.236 e. The second-order valence-electron chi connectivity index (χ2n) is 5.11. The highest BCUT2D eigenvalue weighted by Crippen LogP contribution is 2.09. The molecule has 4 nitrogen and oxygen atoms in total. The summed E-state index contributed by atoms with van der Waals surface area (Å²) in [7, 11) is 5.21. The van der Waals surface area contributed by atoms with Gasteiger partial charge in [-0.15, -0.1) is 0 Å². The van der Waals surface area contributed by atoms with Gasteiger partial charge in [-0.2, -0.15) is 0 Å². The van der Waals surface area contributed by atoms with Gasteiger partial charge in [0.15, 0.2) is 5.78 Å². The average molecular weight is 262 g/mol. The molecule has 0 N–H and O–H groups in total. The number of amides is 1. The lowest BCUT2D eigenvalue weighted by Gasteiger charge is -2.24. The predicted octanol–water partition coefficient (Wildman–Crippen LogP) is 1.59. The second-order valence-corrected chi connectivity index (χ2v) is 5.11. The van der Waals surface area contributed by atoms with E-state index in [-0.39, 0.29) is 24.3 Å². The number of aryl methyl sites for hydroxylation is 1. The van der Waals surface area contributed by atoms with E-state index in [9.17, 15) is 9.59 Å². The van der Waals surface area contributed by atoms with Gasteiger partial charge in [-0.3, -0.25) is 14.5 Å². The highest BCUT2D eigenvalue weighted by Gasteiger charge is 2.21. The molecule has 104 valence electrons. The van der Waals surface area contributed by atoms with Crippen molar-refractivity contribution in [3.05, 3.63) is 35.4 Å². The van der Waals surface area contributed by atoms with E-state index >= 15 is 0 Å². The number of hydrogen-bond acceptors (Lipinski definition) is 3. The fourth-order valence-corrected chi connectivity index (χ4v) is 1.65. The minimum atomic E-state index is -0.313. The van der Waals surface area contributed by atoms with E-state index in [2.05, 4.69) is 0 Å². The Morgan fingerprint density at radius 1 is 1.11 bits per heavy atom. The normalized spacial score (nSPS) is 12.3. The number of carbonyl (C=O) groups excluding carboxylic acids is 2. The van der Waals surface area contributed by atoms with Crippen molar-refractivity contribution >= 4 is 11.7 Å². The molecular formula is C15H22N2O2. The van der Waals surface area contributed by atoms with Crippen LogP contribution >= 0.6 is 0 Å². The summed E-state index contributed by atoms with van der Waals surface area (Å²) in [5.74, 6) is 0.0279. The van der Waals surface area contributed by atoms with Crippen LogP contribution in [-0.2, 0) is 4.79 Å². The fourth-order valence-electron chi connectivity index (χ4n) is 1.65. The summed E-state index contributed by atoms with van der Waals surface area (Å²) in [5, 5.41) is 0. The molecule has 1 aromatic rings. The first-order valence-electron chi connectivity index (χ1n) is 6.34. The van der Waals surface area contributed by atoms with Crippen LogP contribution in [0.4, 0.5) is 0 Å². The van der Waals surface area contributed by atoms with Crippen LogP contribution in [0, 0.1) is 6.92 Å². The van der Waals surface area contributed by atoms with Gasteiger partial charge in [-0.25, -0.2) is 0 Å². The quantitative estimate of drug-likeness (QED) is 0.757. The molecule has 1 rings (SSSR count). The maximum Gasteiger partial charge on any atom is 0.236 e. The Bertz CT molecular complexity index is 452. The fraction of sp³-hybridized carbons (Fsp3) is 0.467. The topological polar surface area (TPSA) is 40.6 Å². The number of rotatable bonds is 5. The van der Waals surface area contributed by atoms with Gasteiger partial charge >= 0.3 is 0 Å². The lowest BCUT2D eigenvalue weighted by atomic mass is 10.0. The number of likely N-dealkylation sites (N-methyl/N-ethyl adjacent to an activating group) is 2. The van der Waals surface area contributed by atoms with Crippen LogP contribution in [-0.4, -0.2) is 55.2 Å². The molecule has 1 amide bonds. The lowest BCUT2D eigenvalue weighted by Crippen LogP contribution is -2.42. The molecule has 0 spiro atoms. The first-order valence-corrected chi connectivity index (χ1v) is 6.34. The molecule has 0 radical (unpaired) electrons. The van der Waals surface area contributed by atoms with Crippen molar-refractivity contribution in [1.29, 1.82) is 0 Å². The maximum atomic E-state index is 12.3. The van der Waals surface area contributed by atoms with E-state index in [1.165, 1.54) is 4.90 Å². The van der Waals surface area contributed by atoms with Crippen LogP contribution in [0.25, 0.3) is 0 Å². The molecule has 19 heavy (non-hydrogen) atoms. The minimum absolute atomic E-state index is 0.00828. The third-order valence-corrected chi connectivity index (χ3v) is 3.26. The summed E-state index contributed by atoms with van der Waals surface area (Å²) < 4.78 is 0. The Hall–Kier alpha value is -1.68. The van der Waals surface area contributed by atoms with Crippen molar-refractivity contribution in [3.63, 3.8) is 0 Å². The lowest BCUT2D eigenvalue weighted by molar-refractivity contribution is -0.129. The molecule has 1 aromatic carbocycles. The highest BCUT2D eigenvalue weighted by atomic mass is 16.2. The Kier molecular flexibility index (Phi) is 5.24. The van der Waals surface area contributed by atoms with Gasteiger partial charge in [0.05, 0.1) is 12.6 Å². The van der Waals surface area contributed by atoms with Gasteiger partial charge in [0, 0.05) is 19.7 Å². The Morgan fingerprint density at radius 2 is 1.63 bits per heavy atom. The monoisotopic (exact) mass is 262 g/mol. The van der Waals surface area contributed by atoms with Gasteiger partial charge in [-0.05, 0) is 20.9 Å². The first-order chi connectivity index (χ1) is 8.82. The van der Waals surface area contributed by atoms with E-state index in [1.807, 2.05) is 38.1 Å². The van der Waals surface area contributed by atoms with Crippen molar-refractivity contribution in [2.45, 2.75) is 19.9 Å². The van der Waals surface area contributed by atoms with E-state index in [4.69, 9.17) is 0 Å². The summed E-state index contributed by atoms with van der Waals surface area (Å²) in [4.78, 5) is 27.2. The molecule has 0 saturated carbocycles. The largest absolute Gasteiger partial charge is 0.348 e. The predicted molar refractivity (Wildman–Crippen MR) is 76.3 cm³/mol. The molecule has 1 unspecified atom stereocenters. The number of nitrogens with zero attached hydrogens (tertiary/aromatic N) is 2. The molecule has 0 fully saturated rings. The van der Waals surface area contributed by atoms with Gasteiger partial charge in [0.25, 0.3) is 0 Å². The highest BCUT2D eigenvalue weighted by molar-refractivity contribution is 6.00. The van der Waals surface area contributed by atoms with Crippen LogP contribution in [0.15, 0.2) is 24.3 Å². The van der Waals surface area contributed by atoms with Crippen LogP contribution in [0.5, 0.6) is 0 Å². The molecule has 0 aliphatic carbocycles. The van der Waals surface area contributed by atoms with E-state index in [0.29, 0.717) is 5.56 Å². The summed E-state index contributed by atoms with van der Waals surface area (Å²) in [6, 6.07) is 7.19. The molecule has 0 saturated heterocycles. The van der Waals surface area contributed by atoms with Crippen LogP contribution < -0.4 is 0 Å². The Morgan fingerprint density at radius 3 is 2.11 bits per heavy atom. The van der Waals surface area contributed by atoms with Crippen LogP contribution in [0.3, 0.4) is 0 Å². The third-order valence-electron chi connectivity index (χ3n) is 3.26. The SMILES string of the molecule is Cc1ccc(C(=O)C(C)N(C)CC(=O)N(C)C)cc1. The van der Waals surface area contributed by atoms with Gasteiger partial charge < -0.3 is 4.90 Å².